The van der Waals surface area contributed by atoms with Gasteiger partial charge in [-0.1, -0.05) is 0 Å². The van der Waals surface area contributed by atoms with Crippen LogP contribution in [-0.4, -0.2) is 74.5 Å². The quantitative estimate of drug-likeness (QED) is 0.684. The largest absolute Gasteiger partial charge is 0.383 e. The molecule has 1 unspecified atom stereocenters. The lowest BCUT2D eigenvalue weighted by Crippen LogP contribution is -2.41. The lowest BCUT2D eigenvalue weighted by Gasteiger charge is -2.27. The molecule has 1 aromatic rings. The number of nitrogens with one attached hydrogen (secondary N) is 1. The summed E-state index contributed by atoms with van der Waals surface area (Å²) < 4.78 is 28.2. The molecule has 0 saturated carbocycles. The standard InChI is InChI=1S/C16H23N3O5S/c1-3-19(13-5-9-25(22,23)11-13)16(21)12-4-6-17-14(10-12)15(20)18-7-8-24-2/h4,6,10,13H,3,5,7-9,11H2,1-2H3,(H,18,20). The van der Waals surface area contributed by atoms with Gasteiger partial charge in [-0.15, -0.1) is 0 Å². The monoisotopic (exact) mass is 369 g/mol. The molecular weight excluding hydrogens is 346 g/mol. The molecule has 1 saturated heterocycles. The number of hydrogen-bond donors (Lipinski definition) is 1. The number of carbonyl (C=O) groups excluding carboxylic acids is 2. The first kappa shape index (κ1) is 19.3. The van der Waals surface area contributed by atoms with Crippen molar-refractivity contribution in [2.75, 3.05) is 38.3 Å². The zero-order chi connectivity index (χ0) is 18.4. The van der Waals surface area contributed by atoms with Gasteiger partial charge in [-0.05, 0) is 25.5 Å². The summed E-state index contributed by atoms with van der Waals surface area (Å²) in [6.07, 6.45) is 1.84. The van der Waals surface area contributed by atoms with Gasteiger partial charge >= 0.3 is 0 Å². The van der Waals surface area contributed by atoms with Gasteiger partial charge in [0.1, 0.15) is 5.69 Å². The van der Waals surface area contributed by atoms with Crippen molar-refractivity contribution in [1.82, 2.24) is 15.2 Å². The van der Waals surface area contributed by atoms with Gasteiger partial charge in [0.25, 0.3) is 11.8 Å². The van der Waals surface area contributed by atoms with Crippen LogP contribution in [0.25, 0.3) is 0 Å². The number of aromatic nitrogens is 1. The molecule has 2 heterocycles. The summed E-state index contributed by atoms with van der Waals surface area (Å²) in [5, 5.41) is 2.64. The van der Waals surface area contributed by atoms with Gasteiger partial charge in [-0.3, -0.25) is 14.6 Å². The summed E-state index contributed by atoms with van der Waals surface area (Å²) in [5.74, 6) is -0.594. The maximum atomic E-state index is 12.8. The minimum Gasteiger partial charge on any atom is -0.383 e. The minimum absolute atomic E-state index is 0.0119. The summed E-state index contributed by atoms with van der Waals surface area (Å²) >= 11 is 0. The van der Waals surface area contributed by atoms with E-state index in [-0.39, 0.29) is 29.1 Å². The highest BCUT2D eigenvalue weighted by Crippen LogP contribution is 2.20. The third-order valence-corrected chi connectivity index (χ3v) is 5.83. The molecule has 1 N–H and O–H groups in total. The predicted octanol–water partition coefficient (Wildman–Crippen LogP) is 0.107. The van der Waals surface area contributed by atoms with Gasteiger partial charge in [0.05, 0.1) is 18.1 Å². The van der Waals surface area contributed by atoms with Crippen molar-refractivity contribution in [3.05, 3.63) is 29.6 Å². The Kier molecular flexibility index (Phi) is 6.49. The Hall–Kier alpha value is -2.00. The van der Waals surface area contributed by atoms with Crippen molar-refractivity contribution in [2.45, 2.75) is 19.4 Å². The van der Waals surface area contributed by atoms with Crippen molar-refractivity contribution in [2.24, 2.45) is 0 Å². The van der Waals surface area contributed by atoms with E-state index in [1.807, 2.05) is 6.92 Å². The van der Waals surface area contributed by atoms with E-state index in [1.165, 1.54) is 25.4 Å². The first-order valence-corrected chi connectivity index (χ1v) is 9.94. The number of carbonyl (C=O) groups is 2. The van der Waals surface area contributed by atoms with Crippen molar-refractivity contribution in [3.63, 3.8) is 0 Å². The van der Waals surface area contributed by atoms with Crippen LogP contribution >= 0.6 is 0 Å². The highest BCUT2D eigenvalue weighted by Gasteiger charge is 2.34. The fourth-order valence-electron chi connectivity index (χ4n) is 2.80. The lowest BCUT2D eigenvalue weighted by molar-refractivity contribution is 0.0708. The van der Waals surface area contributed by atoms with Crippen LogP contribution in [0.3, 0.4) is 0 Å². The van der Waals surface area contributed by atoms with Gasteiger partial charge in [0.15, 0.2) is 9.84 Å². The molecule has 8 nitrogen and oxygen atoms in total. The van der Waals surface area contributed by atoms with E-state index in [9.17, 15) is 18.0 Å². The fraction of sp³-hybridized carbons (Fsp3) is 0.562. The van der Waals surface area contributed by atoms with Crippen molar-refractivity contribution in [1.29, 1.82) is 0 Å². The highest BCUT2D eigenvalue weighted by atomic mass is 32.2. The summed E-state index contributed by atoms with van der Waals surface area (Å²) in [5.41, 5.74) is 0.454. The topological polar surface area (TPSA) is 106 Å². The molecule has 9 heteroatoms. The number of nitrogens with zero attached hydrogens (tertiary/aromatic N) is 2. The van der Waals surface area contributed by atoms with Crippen LogP contribution in [0.4, 0.5) is 0 Å². The van der Waals surface area contributed by atoms with Crippen LogP contribution < -0.4 is 5.32 Å². The molecule has 2 amide bonds. The Morgan fingerprint density at radius 3 is 2.80 bits per heavy atom. The molecule has 0 spiro atoms. The summed E-state index contributed by atoms with van der Waals surface area (Å²) in [4.78, 5) is 30.3. The van der Waals surface area contributed by atoms with Crippen molar-refractivity contribution >= 4 is 21.7 Å². The first-order chi connectivity index (χ1) is 11.9. The second-order valence-electron chi connectivity index (χ2n) is 5.83. The molecular formula is C16H23N3O5S. The average Bonchev–Trinajstić information content (AvgIpc) is 2.95. The van der Waals surface area contributed by atoms with Crippen molar-refractivity contribution in [3.8, 4) is 0 Å². The molecule has 138 valence electrons. The first-order valence-electron chi connectivity index (χ1n) is 8.12. The number of pyridine rings is 1. The molecule has 0 bridgehead atoms. The number of hydrogen-bond acceptors (Lipinski definition) is 6. The van der Waals surface area contributed by atoms with E-state index in [4.69, 9.17) is 4.74 Å². The van der Waals surface area contributed by atoms with E-state index in [0.29, 0.717) is 31.7 Å². The Labute approximate surface area is 147 Å². The molecule has 0 aromatic carbocycles. The zero-order valence-electron chi connectivity index (χ0n) is 14.4. The molecule has 0 aliphatic carbocycles. The van der Waals surface area contributed by atoms with Gasteiger partial charge < -0.3 is 15.0 Å². The fourth-order valence-corrected chi connectivity index (χ4v) is 4.53. The minimum atomic E-state index is -3.08. The van der Waals surface area contributed by atoms with E-state index < -0.39 is 15.7 Å². The molecule has 25 heavy (non-hydrogen) atoms. The lowest BCUT2D eigenvalue weighted by atomic mass is 10.1. The number of ether oxygens (including phenoxy) is 1. The second-order valence-corrected chi connectivity index (χ2v) is 8.06. The van der Waals surface area contributed by atoms with E-state index in [1.54, 1.807) is 4.90 Å². The maximum Gasteiger partial charge on any atom is 0.269 e. The zero-order valence-corrected chi connectivity index (χ0v) is 15.2. The third kappa shape index (κ3) is 4.99. The van der Waals surface area contributed by atoms with Crippen LogP contribution in [0.2, 0.25) is 0 Å². The van der Waals surface area contributed by atoms with Gasteiger partial charge in [-0.2, -0.15) is 0 Å². The summed E-state index contributed by atoms with van der Waals surface area (Å²) in [6.45, 7) is 2.93. The molecule has 1 aliphatic heterocycles. The number of rotatable bonds is 7. The van der Waals surface area contributed by atoms with Crippen LogP contribution in [0.5, 0.6) is 0 Å². The van der Waals surface area contributed by atoms with Gasteiger partial charge in [-0.25, -0.2) is 8.42 Å². The number of methoxy groups -OCH3 is 1. The molecule has 0 radical (unpaired) electrons. The summed E-state index contributed by atoms with van der Waals surface area (Å²) in [7, 11) is -1.55. The second kappa shape index (κ2) is 8.39. The van der Waals surface area contributed by atoms with Crippen LogP contribution in [-0.2, 0) is 14.6 Å². The molecule has 2 rings (SSSR count). The smallest absolute Gasteiger partial charge is 0.269 e. The van der Waals surface area contributed by atoms with Crippen LogP contribution in [0.15, 0.2) is 18.3 Å². The Bertz CT molecular complexity index is 735. The molecule has 1 aromatic heterocycles. The van der Waals surface area contributed by atoms with Gasteiger partial charge in [0.2, 0.25) is 0 Å². The van der Waals surface area contributed by atoms with Crippen LogP contribution in [0.1, 0.15) is 34.2 Å². The van der Waals surface area contributed by atoms with E-state index in [0.717, 1.165) is 0 Å². The third-order valence-electron chi connectivity index (χ3n) is 4.08. The Morgan fingerprint density at radius 1 is 1.44 bits per heavy atom. The van der Waals surface area contributed by atoms with Gasteiger partial charge in [0, 0.05) is 38.0 Å². The number of sulfone groups is 1. The average molecular weight is 369 g/mol. The Morgan fingerprint density at radius 2 is 2.20 bits per heavy atom. The summed E-state index contributed by atoms with van der Waals surface area (Å²) in [6, 6.07) is 2.63. The van der Waals surface area contributed by atoms with Crippen molar-refractivity contribution < 1.29 is 22.7 Å². The normalized spacial score (nSPS) is 18.7. The van der Waals surface area contributed by atoms with Crippen LogP contribution in [0, 0.1) is 0 Å². The Balaban J connectivity index is 2.13. The maximum absolute atomic E-state index is 12.8. The number of amides is 2. The van der Waals surface area contributed by atoms with E-state index >= 15 is 0 Å². The molecule has 1 atom stereocenters. The molecule has 1 fully saturated rings. The van der Waals surface area contributed by atoms with E-state index in [2.05, 4.69) is 10.3 Å². The highest BCUT2D eigenvalue weighted by molar-refractivity contribution is 7.91. The predicted molar refractivity (Wildman–Crippen MR) is 92.2 cm³/mol. The molecule has 1 aliphatic rings. The SMILES string of the molecule is CCN(C(=O)c1ccnc(C(=O)NCCOC)c1)C1CCS(=O)(=O)C1.